The average Bonchev–Trinajstić information content (AvgIpc) is 2.06. The van der Waals surface area contributed by atoms with Crippen LogP contribution in [-0.4, -0.2) is 19.4 Å². The topological polar surface area (TPSA) is 44.1 Å². The second-order valence-corrected chi connectivity index (χ2v) is 4.05. The van der Waals surface area contributed by atoms with Gasteiger partial charge in [0, 0.05) is 0 Å². The monoisotopic (exact) mass is 390 g/mol. The molecule has 0 aliphatic heterocycles. The first kappa shape index (κ1) is 12.2. The number of nitriles is 1. The maximum absolute atomic E-state index is 11.1. The standard InChI is InChI=1S/C7H8I2N2O/c1-2-7(12)11(5-8)6(9)3-4-10/h2,6H,1,3,5H2/t6-/m0/s1. The molecule has 0 N–H and O–H groups in total. The van der Waals surface area contributed by atoms with Crippen molar-refractivity contribution in [2.45, 2.75) is 10.5 Å². The third-order valence-corrected chi connectivity index (χ3v) is 3.03. The molecule has 3 nitrogen and oxygen atoms in total. The summed E-state index contributed by atoms with van der Waals surface area (Å²) in [5.41, 5.74) is 0. The van der Waals surface area contributed by atoms with Crippen molar-refractivity contribution in [3.8, 4) is 6.07 Å². The molecule has 0 spiro atoms. The molecule has 0 radical (unpaired) electrons. The van der Waals surface area contributed by atoms with Crippen LogP contribution in [0, 0.1) is 11.3 Å². The maximum Gasteiger partial charge on any atom is 0.247 e. The summed E-state index contributed by atoms with van der Waals surface area (Å²) in [6.07, 6.45) is 1.62. The van der Waals surface area contributed by atoms with E-state index >= 15 is 0 Å². The van der Waals surface area contributed by atoms with Gasteiger partial charge in [0.05, 0.1) is 21.1 Å². The zero-order valence-electron chi connectivity index (χ0n) is 6.33. The molecule has 0 saturated heterocycles. The SMILES string of the molecule is C=CC(=O)N(CI)[C@H](I)CC#N. The van der Waals surface area contributed by atoms with Gasteiger partial charge in [-0.1, -0.05) is 51.8 Å². The van der Waals surface area contributed by atoms with E-state index in [9.17, 15) is 4.79 Å². The van der Waals surface area contributed by atoms with Crippen LogP contribution in [0.15, 0.2) is 12.7 Å². The zero-order chi connectivity index (χ0) is 9.56. The number of halogens is 2. The number of carbonyl (C=O) groups excluding carboxylic acids is 1. The van der Waals surface area contributed by atoms with E-state index in [4.69, 9.17) is 5.26 Å². The molecule has 0 aromatic heterocycles. The van der Waals surface area contributed by atoms with Gasteiger partial charge in [-0.25, -0.2) is 0 Å². The van der Waals surface area contributed by atoms with Gasteiger partial charge in [-0.15, -0.1) is 0 Å². The molecule has 0 aliphatic carbocycles. The van der Waals surface area contributed by atoms with Gasteiger partial charge in [0.25, 0.3) is 0 Å². The predicted octanol–water partition coefficient (Wildman–Crippen LogP) is 2.07. The highest BCUT2D eigenvalue weighted by Crippen LogP contribution is 2.14. The van der Waals surface area contributed by atoms with Crippen molar-refractivity contribution < 1.29 is 4.79 Å². The van der Waals surface area contributed by atoms with E-state index in [1.165, 1.54) is 6.08 Å². The van der Waals surface area contributed by atoms with E-state index in [1.54, 1.807) is 4.90 Å². The Morgan fingerprint density at radius 1 is 1.83 bits per heavy atom. The van der Waals surface area contributed by atoms with Crippen LogP contribution in [0.25, 0.3) is 0 Å². The number of hydrogen-bond acceptors (Lipinski definition) is 2. The van der Waals surface area contributed by atoms with Gasteiger partial charge in [0.15, 0.2) is 0 Å². The lowest BCUT2D eigenvalue weighted by molar-refractivity contribution is -0.125. The first-order valence-electron chi connectivity index (χ1n) is 3.17. The summed E-state index contributed by atoms with van der Waals surface area (Å²) in [5, 5.41) is 8.41. The molecule has 12 heavy (non-hydrogen) atoms. The first-order valence-corrected chi connectivity index (χ1v) is 5.94. The van der Waals surface area contributed by atoms with Crippen LogP contribution < -0.4 is 0 Å². The van der Waals surface area contributed by atoms with Crippen LogP contribution >= 0.6 is 45.2 Å². The molecule has 0 saturated carbocycles. The zero-order valence-corrected chi connectivity index (χ0v) is 10.6. The van der Waals surface area contributed by atoms with Crippen LogP contribution in [0.5, 0.6) is 0 Å². The normalized spacial score (nSPS) is 11.4. The Morgan fingerprint density at radius 2 is 2.42 bits per heavy atom. The first-order chi connectivity index (χ1) is 5.67. The molecule has 1 atom stereocenters. The fraction of sp³-hybridized carbons (Fsp3) is 0.429. The van der Waals surface area contributed by atoms with Crippen molar-refractivity contribution in [2.75, 3.05) is 4.55 Å². The molecule has 66 valence electrons. The van der Waals surface area contributed by atoms with Gasteiger partial charge in [0.1, 0.15) is 0 Å². The van der Waals surface area contributed by atoms with Gasteiger partial charge in [-0.2, -0.15) is 5.26 Å². The van der Waals surface area contributed by atoms with Crippen molar-refractivity contribution in [3.05, 3.63) is 12.7 Å². The number of carbonyl (C=O) groups is 1. The minimum absolute atomic E-state index is 0.0602. The molecule has 0 aliphatic rings. The Bertz CT molecular complexity index is 212. The third-order valence-electron chi connectivity index (χ3n) is 1.18. The molecule has 0 unspecified atom stereocenters. The summed E-state index contributed by atoms with van der Waals surface area (Å²) in [7, 11) is 0. The number of nitrogens with zero attached hydrogens (tertiary/aromatic N) is 2. The number of rotatable bonds is 4. The van der Waals surface area contributed by atoms with Gasteiger partial charge in [0.2, 0.25) is 5.91 Å². The fourth-order valence-corrected chi connectivity index (χ4v) is 2.81. The van der Waals surface area contributed by atoms with Crippen LogP contribution in [0.3, 0.4) is 0 Å². The highest BCUT2D eigenvalue weighted by atomic mass is 127. The van der Waals surface area contributed by atoms with E-state index in [-0.39, 0.29) is 9.96 Å². The lowest BCUT2D eigenvalue weighted by Gasteiger charge is -2.22. The van der Waals surface area contributed by atoms with Crippen molar-refractivity contribution in [1.29, 1.82) is 5.26 Å². The fourth-order valence-electron chi connectivity index (χ4n) is 0.575. The minimum atomic E-state index is -0.126. The molecule has 0 aromatic carbocycles. The van der Waals surface area contributed by atoms with E-state index < -0.39 is 0 Å². The molecule has 1 amide bonds. The summed E-state index contributed by atoms with van der Waals surface area (Å²) in [4.78, 5) is 12.7. The number of amides is 1. The van der Waals surface area contributed by atoms with Crippen molar-refractivity contribution in [2.24, 2.45) is 0 Å². The molecular formula is C7H8I2N2O. The summed E-state index contributed by atoms with van der Waals surface area (Å²) in [6.45, 7) is 3.39. The summed E-state index contributed by atoms with van der Waals surface area (Å²) in [5.74, 6) is -0.126. The number of hydrogen-bond donors (Lipinski definition) is 0. The van der Waals surface area contributed by atoms with Crippen LogP contribution in [0.4, 0.5) is 0 Å². The molecule has 5 heteroatoms. The van der Waals surface area contributed by atoms with Gasteiger partial charge >= 0.3 is 0 Å². The quantitative estimate of drug-likeness (QED) is 0.320. The second-order valence-electron chi connectivity index (χ2n) is 1.93. The lowest BCUT2D eigenvalue weighted by Crippen LogP contribution is -2.34. The van der Waals surface area contributed by atoms with E-state index in [2.05, 4.69) is 51.8 Å². The van der Waals surface area contributed by atoms with E-state index in [0.29, 0.717) is 11.0 Å². The summed E-state index contributed by atoms with van der Waals surface area (Å²) >= 11 is 4.16. The van der Waals surface area contributed by atoms with Gasteiger partial charge in [-0.05, 0) is 6.08 Å². The smallest absolute Gasteiger partial charge is 0.247 e. The molecule has 0 bridgehead atoms. The van der Waals surface area contributed by atoms with Crippen LogP contribution in [0.2, 0.25) is 0 Å². The Labute approximate surface area is 99.1 Å². The van der Waals surface area contributed by atoms with Gasteiger partial charge in [-0.3, -0.25) is 4.79 Å². The van der Waals surface area contributed by atoms with Crippen LogP contribution in [0.1, 0.15) is 6.42 Å². The van der Waals surface area contributed by atoms with Crippen molar-refractivity contribution in [1.82, 2.24) is 4.90 Å². The summed E-state index contributed by atoms with van der Waals surface area (Å²) in [6, 6.07) is 2.02. The average molecular weight is 390 g/mol. The van der Waals surface area contributed by atoms with E-state index in [0.717, 1.165) is 0 Å². The Kier molecular flexibility index (Phi) is 6.74. The largest absolute Gasteiger partial charge is 0.317 e. The second kappa shape index (κ2) is 6.65. The molecule has 0 fully saturated rings. The van der Waals surface area contributed by atoms with Crippen molar-refractivity contribution >= 4 is 51.1 Å². The molecular weight excluding hydrogens is 382 g/mol. The van der Waals surface area contributed by atoms with Gasteiger partial charge < -0.3 is 4.90 Å². The Hall–Kier alpha value is 0.160. The lowest BCUT2D eigenvalue weighted by atomic mass is 10.4. The highest BCUT2D eigenvalue weighted by Gasteiger charge is 2.16. The Balaban J connectivity index is 4.24. The summed E-state index contributed by atoms with van der Waals surface area (Å²) < 4.78 is 0.521. The third kappa shape index (κ3) is 3.71. The Morgan fingerprint density at radius 3 is 2.75 bits per heavy atom. The molecule has 0 aromatic rings. The predicted molar refractivity (Wildman–Crippen MR) is 64.0 cm³/mol. The number of alkyl halides is 2. The van der Waals surface area contributed by atoms with Crippen LogP contribution in [-0.2, 0) is 4.79 Å². The maximum atomic E-state index is 11.1. The highest BCUT2D eigenvalue weighted by molar-refractivity contribution is 14.1. The van der Waals surface area contributed by atoms with E-state index in [1.807, 2.05) is 6.07 Å². The molecule has 0 heterocycles. The minimum Gasteiger partial charge on any atom is -0.317 e. The van der Waals surface area contributed by atoms with Crippen molar-refractivity contribution in [3.63, 3.8) is 0 Å². The molecule has 0 rings (SSSR count).